The van der Waals surface area contributed by atoms with Crippen molar-refractivity contribution >= 4 is 0 Å². The third-order valence-electron chi connectivity index (χ3n) is 4.57. The number of benzene rings is 1. The average Bonchev–Trinajstić information content (AvgIpc) is 3.27. The van der Waals surface area contributed by atoms with Crippen LogP contribution in [0.3, 0.4) is 0 Å². The molecule has 0 heterocycles. The molecule has 0 spiro atoms. The Morgan fingerprint density at radius 1 is 1.38 bits per heavy atom. The number of rotatable bonds is 5. The third-order valence-corrected chi connectivity index (χ3v) is 4.57. The summed E-state index contributed by atoms with van der Waals surface area (Å²) in [4.78, 5) is 0. The van der Waals surface area contributed by atoms with Crippen LogP contribution in [0.2, 0.25) is 0 Å². The Balaban J connectivity index is 1.68. The van der Waals surface area contributed by atoms with Gasteiger partial charge in [-0.05, 0) is 56.7 Å². The van der Waals surface area contributed by atoms with Crippen LogP contribution in [0.4, 0.5) is 4.39 Å². The van der Waals surface area contributed by atoms with Gasteiger partial charge in [-0.25, -0.2) is 4.39 Å². The standard InChI is InChI=1S/C17H24FNO2/c1-12-4-7-15(18)16(9-12)21-14-3-2-8-17(10-14,11-20)19-13-5-6-13/h4,7,9,13-14,19-20H,2-3,5-6,8,10-11H2,1H3. The van der Waals surface area contributed by atoms with E-state index in [1.54, 1.807) is 12.1 Å². The van der Waals surface area contributed by atoms with E-state index in [2.05, 4.69) is 5.32 Å². The zero-order valence-electron chi connectivity index (χ0n) is 12.6. The Morgan fingerprint density at radius 2 is 2.19 bits per heavy atom. The number of aliphatic hydroxyl groups is 1. The maximum Gasteiger partial charge on any atom is 0.165 e. The van der Waals surface area contributed by atoms with Crippen molar-refractivity contribution in [3.05, 3.63) is 29.6 Å². The van der Waals surface area contributed by atoms with Crippen LogP contribution in [0.1, 0.15) is 44.1 Å². The van der Waals surface area contributed by atoms with E-state index in [1.165, 1.54) is 18.9 Å². The largest absolute Gasteiger partial charge is 0.487 e. The van der Waals surface area contributed by atoms with Gasteiger partial charge in [0.05, 0.1) is 6.61 Å². The second-order valence-corrected chi connectivity index (χ2v) is 6.63. The van der Waals surface area contributed by atoms with E-state index in [4.69, 9.17) is 4.74 Å². The highest BCUT2D eigenvalue weighted by molar-refractivity contribution is 5.29. The van der Waals surface area contributed by atoms with Crippen LogP contribution in [0.5, 0.6) is 5.75 Å². The highest BCUT2D eigenvalue weighted by Crippen LogP contribution is 2.34. The summed E-state index contributed by atoms with van der Waals surface area (Å²) in [5.74, 6) is 0.0242. The minimum absolute atomic E-state index is 0.0338. The van der Waals surface area contributed by atoms with Gasteiger partial charge in [-0.1, -0.05) is 6.07 Å². The number of nitrogens with one attached hydrogen (secondary N) is 1. The molecule has 2 unspecified atom stereocenters. The molecule has 0 bridgehead atoms. The molecule has 0 radical (unpaired) electrons. The minimum Gasteiger partial charge on any atom is -0.487 e. The van der Waals surface area contributed by atoms with Gasteiger partial charge in [-0.15, -0.1) is 0 Å². The maximum atomic E-state index is 13.8. The topological polar surface area (TPSA) is 41.5 Å². The van der Waals surface area contributed by atoms with Gasteiger partial charge >= 0.3 is 0 Å². The Hall–Kier alpha value is -1.13. The predicted octanol–water partition coefficient (Wildman–Crippen LogP) is 2.94. The molecule has 3 nitrogen and oxygen atoms in total. The molecular weight excluding hydrogens is 269 g/mol. The van der Waals surface area contributed by atoms with E-state index >= 15 is 0 Å². The van der Waals surface area contributed by atoms with E-state index < -0.39 is 0 Å². The summed E-state index contributed by atoms with van der Waals surface area (Å²) in [7, 11) is 0. The first-order valence-electron chi connectivity index (χ1n) is 7.92. The molecule has 2 N–H and O–H groups in total. The number of hydrogen-bond donors (Lipinski definition) is 2. The van der Waals surface area contributed by atoms with Crippen LogP contribution < -0.4 is 10.1 Å². The first kappa shape index (κ1) is 14.8. The quantitative estimate of drug-likeness (QED) is 0.877. The molecule has 0 aromatic heterocycles. The van der Waals surface area contributed by atoms with Gasteiger partial charge < -0.3 is 15.2 Å². The van der Waals surface area contributed by atoms with Gasteiger partial charge in [-0.3, -0.25) is 0 Å². The number of ether oxygens (including phenoxy) is 1. The van der Waals surface area contributed by atoms with Gasteiger partial charge in [0, 0.05) is 18.0 Å². The number of hydrogen-bond acceptors (Lipinski definition) is 3. The number of halogens is 1. The lowest BCUT2D eigenvalue weighted by Gasteiger charge is -2.40. The molecule has 116 valence electrons. The summed E-state index contributed by atoms with van der Waals surface area (Å²) in [6.07, 6.45) is 5.98. The summed E-state index contributed by atoms with van der Waals surface area (Å²) < 4.78 is 19.7. The fraction of sp³-hybridized carbons (Fsp3) is 0.647. The van der Waals surface area contributed by atoms with Gasteiger partial charge in [0.25, 0.3) is 0 Å². The molecule has 2 aliphatic rings. The molecule has 1 aromatic carbocycles. The summed E-state index contributed by atoms with van der Waals surface area (Å²) in [6.45, 7) is 2.06. The molecule has 2 aliphatic carbocycles. The van der Waals surface area contributed by atoms with Crippen molar-refractivity contribution in [3.63, 3.8) is 0 Å². The second-order valence-electron chi connectivity index (χ2n) is 6.63. The smallest absolute Gasteiger partial charge is 0.165 e. The maximum absolute atomic E-state index is 13.8. The Labute approximate surface area is 125 Å². The van der Waals surface area contributed by atoms with Gasteiger partial charge in [-0.2, -0.15) is 0 Å². The monoisotopic (exact) mass is 293 g/mol. The Morgan fingerprint density at radius 3 is 2.90 bits per heavy atom. The number of aliphatic hydroxyl groups excluding tert-OH is 1. The fourth-order valence-electron chi connectivity index (χ4n) is 3.27. The van der Waals surface area contributed by atoms with Crippen LogP contribution in [-0.2, 0) is 0 Å². The normalized spacial score (nSPS) is 29.4. The molecule has 3 rings (SSSR count). The first-order valence-corrected chi connectivity index (χ1v) is 7.92. The van der Waals surface area contributed by atoms with Crippen molar-refractivity contribution in [2.24, 2.45) is 0 Å². The summed E-state index contributed by atoms with van der Waals surface area (Å²) in [6, 6.07) is 5.50. The number of aryl methyl sites for hydroxylation is 1. The van der Waals surface area contributed by atoms with E-state index in [0.29, 0.717) is 11.8 Å². The van der Waals surface area contributed by atoms with Crippen LogP contribution in [0, 0.1) is 12.7 Å². The lowest BCUT2D eigenvalue weighted by atomic mass is 9.80. The summed E-state index contributed by atoms with van der Waals surface area (Å²) in [5.41, 5.74) is 0.747. The molecular formula is C17H24FNO2. The fourth-order valence-corrected chi connectivity index (χ4v) is 3.27. The van der Waals surface area contributed by atoms with Crippen molar-refractivity contribution in [2.45, 2.75) is 63.1 Å². The Kier molecular flexibility index (Phi) is 4.18. The zero-order chi connectivity index (χ0) is 14.9. The van der Waals surface area contributed by atoms with Gasteiger partial charge in [0.2, 0.25) is 0 Å². The van der Waals surface area contributed by atoms with Crippen molar-refractivity contribution in [2.75, 3.05) is 6.61 Å². The minimum atomic E-state index is -0.309. The molecule has 2 saturated carbocycles. The molecule has 2 fully saturated rings. The van der Waals surface area contributed by atoms with E-state index in [9.17, 15) is 9.50 Å². The molecule has 1 aromatic rings. The van der Waals surface area contributed by atoms with Crippen molar-refractivity contribution in [1.29, 1.82) is 0 Å². The van der Waals surface area contributed by atoms with Crippen molar-refractivity contribution < 1.29 is 14.2 Å². The highest BCUT2D eigenvalue weighted by atomic mass is 19.1. The summed E-state index contributed by atoms with van der Waals surface area (Å²) >= 11 is 0. The Bertz CT molecular complexity index is 504. The lowest BCUT2D eigenvalue weighted by molar-refractivity contribution is 0.0479. The first-order chi connectivity index (χ1) is 10.1. The third kappa shape index (κ3) is 3.55. The molecule has 4 heteroatoms. The van der Waals surface area contributed by atoms with Crippen LogP contribution in [-0.4, -0.2) is 29.4 Å². The van der Waals surface area contributed by atoms with Gasteiger partial charge in [0.1, 0.15) is 6.10 Å². The zero-order valence-corrected chi connectivity index (χ0v) is 12.6. The van der Waals surface area contributed by atoms with Gasteiger partial charge in [0.15, 0.2) is 11.6 Å². The second kappa shape index (κ2) is 5.93. The van der Waals surface area contributed by atoms with Crippen LogP contribution >= 0.6 is 0 Å². The molecule has 0 saturated heterocycles. The lowest BCUT2D eigenvalue weighted by Crippen LogP contribution is -2.54. The highest BCUT2D eigenvalue weighted by Gasteiger charge is 2.40. The van der Waals surface area contributed by atoms with E-state index in [0.717, 1.165) is 31.2 Å². The summed E-state index contributed by atoms with van der Waals surface area (Å²) in [5, 5.41) is 13.4. The SMILES string of the molecule is Cc1ccc(F)c(OC2CCCC(CO)(NC3CC3)C2)c1. The molecule has 0 amide bonds. The van der Waals surface area contributed by atoms with Crippen LogP contribution in [0.15, 0.2) is 18.2 Å². The predicted molar refractivity (Wildman–Crippen MR) is 80.0 cm³/mol. The van der Waals surface area contributed by atoms with Crippen LogP contribution in [0.25, 0.3) is 0 Å². The average molecular weight is 293 g/mol. The van der Waals surface area contributed by atoms with Crippen molar-refractivity contribution in [3.8, 4) is 5.75 Å². The van der Waals surface area contributed by atoms with E-state index in [1.807, 2.05) is 6.92 Å². The molecule has 2 atom stereocenters. The van der Waals surface area contributed by atoms with E-state index in [-0.39, 0.29) is 24.1 Å². The molecule has 0 aliphatic heterocycles. The van der Waals surface area contributed by atoms with Crippen molar-refractivity contribution in [1.82, 2.24) is 5.32 Å². The molecule has 21 heavy (non-hydrogen) atoms.